The summed E-state index contributed by atoms with van der Waals surface area (Å²) >= 11 is 0. The molecule has 1 N–H and O–H groups in total. The van der Waals surface area contributed by atoms with Gasteiger partial charge in [-0.3, -0.25) is 9.48 Å². The van der Waals surface area contributed by atoms with Gasteiger partial charge in [-0.25, -0.2) is 0 Å². The van der Waals surface area contributed by atoms with Crippen molar-refractivity contribution in [2.75, 3.05) is 6.54 Å². The third kappa shape index (κ3) is 1.99. The SMILES string of the molecule is C=CC(=O)N1CCCn2nc(CO)cc2C1. The summed E-state index contributed by atoms with van der Waals surface area (Å²) in [4.78, 5) is 13.3. The summed E-state index contributed by atoms with van der Waals surface area (Å²) in [6.45, 7) is 5.48. The fourth-order valence-electron chi connectivity index (χ4n) is 1.92. The zero-order chi connectivity index (χ0) is 11.5. The summed E-state index contributed by atoms with van der Waals surface area (Å²) in [5, 5.41) is 13.3. The average molecular weight is 221 g/mol. The number of aliphatic hydroxyl groups is 1. The molecule has 1 aliphatic rings. The zero-order valence-corrected chi connectivity index (χ0v) is 9.09. The summed E-state index contributed by atoms with van der Waals surface area (Å²) in [6, 6.07) is 1.84. The van der Waals surface area contributed by atoms with Crippen molar-refractivity contribution in [3.05, 3.63) is 30.1 Å². The zero-order valence-electron chi connectivity index (χ0n) is 9.09. The highest BCUT2D eigenvalue weighted by Gasteiger charge is 2.18. The molecular weight excluding hydrogens is 206 g/mol. The Hall–Kier alpha value is -1.62. The van der Waals surface area contributed by atoms with Crippen LogP contribution in [0, 0.1) is 0 Å². The number of carbonyl (C=O) groups excluding carboxylic acids is 1. The molecule has 16 heavy (non-hydrogen) atoms. The van der Waals surface area contributed by atoms with Gasteiger partial charge in [0.05, 0.1) is 24.5 Å². The largest absolute Gasteiger partial charge is 0.390 e. The number of aliphatic hydroxyl groups excluding tert-OH is 1. The number of amides is 1. The highest BCUT2D eigenvalue weighted by Crippen LogP contribution is 2.14. The first kappa shape index (κ1) is 10.9. The van der Waals surface area contributed by atoms with Crippen molar-refractivity contribution < 1.29 is 9.90 Å². The highest BCUT2D eigenvalue weighted by molar-refractivity contribution is 5.86. The van der Waals surface area contributed by atoms with Gasteiger partial charge >= 0.3 is 0 Å². The molecule has 1 aliphatic heterocycles. The average Bonchev–Trinajstić information content (AvgIpc) is 2.59. The van der Waals surface area contributed by atoms with Gasteiger partial charge in [0.2, 0.25) is 5.91 Å². The van der Waals surface area contributed by atoms with Gasteiger partial charge in [-0.15, -0.1) is 0 Å². The Labute approximate surface area is 94.0 Å². The first-order valence-electron chi connectivity index (χ1n) is 5.32. The van der Waals surface area contributed by atoms with E-state index in [0.29, 0.717) is 12.2 Å². The Morgan fingerprint density at radius 1 is 1.62 bits per heavy atom. The number of hydrogen-bond donors (Lipinski definition) is 1. The molecule has 0 bridgehead atoms. The van der Waals surface area contributed by atoms with Crippen molar-refractivity contribution in [2.45, 2.75) is 26.1 Å². The van der Waals surface area contributed by atoms with Crippen LogP contribution < -0.4 is 0 Å². The molecule has 0 fully saturated rings. The molecule has 0 unspecified atom stereocenters. The van der Waals surface area contributed by atoms with Crippen molar-refractivity contribution in [3.63, 3.8) is 0 Å². The van der Waals surface area contributed by atoms with E-state index in [9.17, 15) is 4.79 Å². The quantitative estimate of drug-likeness (QED) is 0.730. The minimum Gasteiger partial charge on any atom is -0.390 e. The number of nitrogens with zero attached hydrogens (tertiary/aromatic N) is 3. The Balaban J connectivity index is 2.22. The monoisotopic (exact) mass is 221 g/mol. The van der Waals surface area contributed by atoms with Crippen LogP contribution in [0.5, 0.6) is 0 Å². The van der Waals surface area contributed by atoms with Crippen molar-refractivity contribution in [2.24, 2.45) is 0 Å². The van der Waals surface area contributed by atoms with Gasteiger partial charge in [-0.05, 0) is 18.6 Å². The Kier molecular flexibility index (Phi) is 3.05. The number of carbonyl (C=O) groups is 1. The standard InChI is InChI=1S/C11H15N3O2/c1-2-11(16)13-4-3-5-14-10(7-13)6-9(8-15)12-14/h2,6,15H,1,3-5,7-8H2. The lowest BCUT2D eigenvalue weighted by Gasteiger charge is -2.17. The van der Waals surface area contributed by atoms with Gasteiger partial charge in [0.1, 0.15) is 0 Å². The number of fused-ring (bicyclic) bond motifs is 1. The van der Waals surface area contributed by atoms with E-state index in [0.717, 1.165) is 25.2 Å². The lowest BCUT2D eigenvalue weighted by atomic mass is 10.3. The molecule has 0 aliphatic carbocycles. The fourth-order valence-corrected chi connectivity index (χ4v) is 1.92. The van der Waals surface area contributed by atoms with E-state index in [1.807, 2.05) is 10.7 Å². The molecule has 2 rings (SSSR count). The second kappa shape index (κ2) is 4.49. The van der Waals surface area contributed by atoms with E-state index in [4.69, 9.17) is 5.11 Å². The maximum Gasteiger partial charge on any atom is 0.246 e. The molecule has 0 atom stereocenters. The van der Waals surface area contributed by atoms with E-state index in [2.05, 4.69) is 11.7 Å². The summed E-state index contributed by atoms with van der Waals surface area (Å²) in [7, 11) is 0. The van der Waals surface area contributed by atoms with Crippen LogP contribution in [0.2, 0.25) is 0 Å². The lowest BCUT2D eigenvalue weighted by Crippen LogP contribution is -2.28. The summed E-state index contributed by atoms with van der Waals surface area (Å²) in [5.74, 6) is -0.0554. The third-order valence-electron chi connectivity index (χ3n) is 2.71. The number of rotatable bonds is 2. The number of aryl methyl sites for hydroxylation is 1. The third-order valence-corrected chi connectivity index (χ3v) is 2.71. The lowest BCUT2D eigenvalue weighted by molar-refractivity contribution is -0.126. The molecule has 1 aromatic heterocycles. The van der Waals surface area contributed by atoms with Crippen LogP contribution in [0.15, 0.2) is 18.7 Å². The number of hydrogen-bond acceptors (Lipinski definition) is 3. The van der Waals surface area contributed by atoms with Gasteiger partial charge < -0.3 is 10.0 Å². The van der Waals surface area contributed by atoms with E-state index in [1.54, 1.807) is 4.90 Å². The van der Waals surface area contributed by atoms with Crippen LogP contribution in [0.25, 0.3) is 0 Å². The van der Waals surface area contributed by atoms with Crippen molar-refractivity contribution in [3.8, 4) is 0 Å². The van der Waals surface area contributed by atoms with E-state index >= 15 is 0 Å². The molecule has 0 spiro atoms. The fraction of sp³-hybridized carbons (Fsp3) is 0.455. The normalized spacial score (nSPS) is 15.4. The first-order valence-corrected chi connectivity index (χ1v) is 5.32. The van der Waals surface area contributed by atoms with E-state index < -0.39 is 0 Å². The molecule has 0 saturated heterocycles. The van der Waals surface area contributed by atoms with Gasteiger partial charge in [0.25, 0.3) is 0 Å². The Bertz CT molecular complexity index is 411. The van der Waals surface area contributed by atoms with Crippen molar-refractivity contribution >= 4 is 5.91 Å². The molecule has 0 radical (unpaired) electrons. The van der Waals surface area contributed by atoms with Gasteiger partial charge in [-0.2, -0.15) is 5.10 Å². The molecule has 0 saturated carbocycles. The molecule has 5 heteroatoms. The minimum atomic E-state index is -0.0601. The second-order valence-corrected chi connectivity index (χ2v) is 3.83. The van der Waals surface area contributed by atoms with E-state index in [1.165, 1.54) is 6.08 Å². The molecule has 1 amide bonds. The van der Waals surface area contributed by atoms with Crippen LogP contribution in [-0.2, 0) is 24.5 Å². The molecule has 86 valence electrons. The molecule has 2 heterocycles. The molecular formula is C11H15N3O2. The summed E-state index contributed by atoms with van der Waals surface area (Å²) < 4.78 is 1.86. The van der Waals surface area contributed by atoms with Crippen molar-refractivity contribution in [1.82, 2.24) is 14.7 Å². The van der Waals surface area contributed by atoms with E-state index in [-0.39, 0.29) is 12.5 Å². The molecule has 5 nitrogen and oxygen atoms in total. The predicted molar refractivity (Wildman–Crippen MR) is 58.4 cm³/mol. The van der Waals surface area contributed by atoms with Crippen LogP contribution in [0.3, 0.4) is 0 Å². The summed E-state index contributed by atoms with van der Waals surface area (Å²) in [5.41, 5.74) is 1.62. The maximum atomic E-state index is 11.5. The molecule has 0 aromatic carbocycles. The number of aromatic nitrogens is 2. The molecule has 1 aromatic rings. The van der Waals surface area contributed by atoms with Crippen LogP contribution in [-0.4, -0.2) is 32.2 Å². The van der Waals surface area contributed by atoms with Crippen molar-refractivity contribution in [1.29, 1.82) is 0 Å². The highest BCUT2D eigenvalue weighted by atomic mass is 16.3. The van der Waals surface area contributed by atoms with Gasteiger partial charge in [0, 0.05) is 13.1 Å². The van der Waals surface area contributed by atoms with Crippen LogP contribution in [0.1, 0.15) is 17.8 Å². The van der Waals surface area contributed by atoms with Crippen LogP contribution >= 0.6 is 0 Å². The predicted octanol–water partition coefficient (Wildman–Crippen LogP) is 0.294. The van der Waals surface area contributed by atoms with Crippen LogP contribution in [0.4, 0.5) is 0 Å². The topological polar surface area (TPSA) is 58.4 Å². The second-order valence-electron chi connectivity index (χ2n) is 3.83. The van der Waals surface area contributed by atoms with Gasteiger partial charge in [0.15, 0.2) is 0 Å². The minimum absolute atomic E-state index is 0.0554. The Morgan fingerprint density at radius 2 is 2.44 bits per heavy atom. The summed E-state index contributed by atoms with van der Waals surface area (Å²) in [6.07, 6.45) is 2.21. The maximum absolute atomic E-state index is 11.5. The van der Waals surface area contributed by atoms with Gasteiger partial charge in [-0.1, -0.05) is 6.58 Å². The smallest absolute Gasteiger partial charge is 0.246 e. The first-order chi connectivity index (χ1) is 7.74. The Morgan fingerprint density at radius 3 is 3.12 bits per heavy atom.